The molecule has 0 heterocycles. The molecule has 0 aliphatic heterocycles. The lowest BCUT2D eigenvalue weighted by Gasteiger charge is -2.24. The van der Waals surface area contributed by atoms with E-state index >= 15 is 0 Å². The lowest BCUT2D eigenvalue weighted by Crippen LogP contribution is -2.22. The van der Waals surface area contributed by atoms with Gasteiger partial charge in [-0.15, -0.1) is 0 Å². The quantitative estimate of drug-likeness (QED) is 0.856. The number of anilines is 1. The first-order valence-electron chi connectivity index (χ1n) is 5.42. The third kappa shape index (κ3) is 3.15. The Labute approximate surface area is 102 Å². The molecule has 0 bridgehead atoms. The zero-order chi connectivity index (χ0) is 12.2. The molecule has 0 atom stereocenters. The smallest absolute Gasteiger partial charge is 0.103 e. The fourth-order valence-electron chi connectivity index (χ4n) is 1.24. The molecule has 0 spiro atoms. The van der Waals surface area contributed by atoms with Crippen molar-refractivity contribution in [3.05, 3.63) is 28.8 Å². The van der Waals surface area contributed by atoms with E-state index in [-0.39, 0.29) is 5.41 Å². The van der Waals surface area contributed by atoms with Gasteiger partial charge in [0.05, 0.1) is 16.3 Å². The predicted octanol–water partition coefficient (Wildman–Crippen LogP) is 4.06. The van der Waals surface area contributed by atoms with Crippen molar-refractivity contribution in [3.63, 3.8) is 0 Å². The molecule has 1 aromatic rings. The van der Waals surface area contributed by atoms with Gasteiger partial charge in [-0.2, -0.15) is 5.26 Å². The molecule has 3 heteroatoms. The topological polar surface area (TPSA) is 35.8 Å². The molecule has 0 amide bonds. The highest BCUT2D eigenvalue weighted by atomic mass is 35.5. The van der Waals surface area contributed by atoms with Gasteiger partial charge in [0.1, 0.15) is 6.07 Å². The molecular formula is C13H17ClN2. The van der Waals surface area contributed by atoms with Gasteiger partial charge in [-0.3, -0.25) is 0 Å². The molecule has 0 radical (unpaired) electrons. The summed E-state index contributed by atoms with van der Waals surface area (Å²) in [6.45, 7) is 7.37. The van der Waals surface area contributed by atoms with Crippen molar-refractivity contribution in [3.8, 4) is 6.07 Å². The van der Waals surface area contributed by atoms with E-state index in [4.69, 9.17) is 16.9 Å². The summed E-state index contributed by atoms with van der Waals surface area (Å²) < 4.78 is 0. The van der Waals surface area contributed by atoms with Crippen LogP contribution in [0.1, 0.15) is 32.8 Å². The first-order valence-corrected chi connectivity index (χ1v) is 5.80. The minimum atomic E-state index is 0.217. The second-order valence-electron chi connectivity index (χ2n) is 4.65. The molecule has 0 aliphatic rings. The van der Waals surface area contributed by atoms with Crippen LogP contribution in [0.15, 0.2) is 18.2 Å². The number of nitrogens with one attached hydrogen (secondary N) is 1. The Hall–Kier alpha value is -1.20. The van der Waals surface area contributed by atoms with Gasteiger partial charge in [-0.1, -0.05) is 38.4 Å². The van der Waals surface area contributed by atoms with Crippen molar-refractivity contribution in [2.75, 3.05) is 11.9 Å². The lowest BCUT2D eigenvalue weighted by atomic mass is 9.90. The van der Waals surface area contributed by atoms with E-state index in [0.29, 0.717) is 10.6 Å². The number of benzene rings is 1. The van der Waals surface area contributed by atoms with E-state index in [2.05, 4.69) is 32.2 Å². The van der Waals surface area contributed by atoms with Crippen LogP contribution < -0.4 is 5.32 Å². The summed E-state index contributed by atoms with van der Waals surface area (Å²) in [5.74, 6) is 0. The highest BCUT2D eigenvalue weighted by Crippen LogP contribution is 2.26. The van der Waals surface area contributed by atoms with Crippen LogP contribution in [0.25, 0.3) is 0 Å². The van der Waals surface area contributed by atoms with E-state index in [1.807, 2.05) is 12.1 Å². The van der Waals surface area contributed by atoms with Crippen LogP contribution >= 0.6 is 11.6 Å². The van der Waals surface area contributed by atoms with Crippen molar-refractivity contribution in [1.29, 1.82) is 5.26 Å². The average Bonchev–Trinajstić information content (AvgIpc) is 2.26. The van der Waals surface area contributed by atoms with Crippen LogP contribution in [0.3, 0.4) is 0 Å². The Morgan fingerprint density at radius 3 is 2.69 bits per heavy atom. The molecule has 2 nitrogen and oxygen atoms in total. The van der Waals surface area contributed by atoms with Gasteiger partial charge >= 0.3 is 0 Å². The van der Waals surface area contributed by atoms with E-state index in [1.165, 1.54) is 0 Å². The SMILES string of the molecule is CCC(C)(C)CNc1cccc(Cl)c1C#N. The van der Waals surface area contributed by atoms with Crippen LogP contribution in [-0.2, 0) is 0 Å². The minimum Gasteiger partial charge on any atom is -0.383 e. The van der Waals surface area contributed by atoms with Gasteiger partial charge in [-0.05, 0) is 24.0 Å². The Balaban J connectivity index is 2.83. The van der Waals surface area contributed by atoms with Crippen molar-refractivity contribution in [2.45, 2.75) is 27.2 Å². The lowest BCUT2D eigenvalue weighted by molar-refractivity contribution is 0.377. The van der Waals surface area contributed by atoms with Crippen molar-refractivity contribution >= 4 is 17.3 Å². The van der Waals surface area contributed by atoms with E-state index in [0.717, 1.165) is 18.7 Å². The van der Waals surface area contributed by atoms with Gasteiger partial charge in [-0.25, -0.2) is 0 Å². The van der Waals surface area contributed by atoms with Gasteiger partial charge in [0, 0.05) is 6.54 Å². The zero-order valence-electron chi connectivity index (χ0n) is 9.97. The van der Waals surface area contributed by atoms with E-state index in [9.17, 15) is 0 Å². The monoisotopic (exact) mass is 236 g/mol. The Bertz CT molecular complexity index is 405. The molecular weight excluding hydrogens is 220 g/mol. The summed E-state index contributed by atoms with van der Waals surface area (Å²) in [6, 6.07) is 7.59. The molecule has 0 unspecified atom stereocenters. The number of halogens is 1. The van der Waals surface area contributed by atoms with Crippen LogP contribution in [0.4, 0.5) is 5.69 Å². The maximum atomic E-state index is 9.01. The standard InChI is InChI=1S/C13H17ClN2/c1-4-13(2,3)9-16-12-7-5-6-11(14)10(12)8-15/h5-7,16H,4,9H2,1-3H3. The molecule has 1 aromatic carbocycles. The third-order valence-electron chi connectivity index (χ3n) is 2.84. The molecule has 0 fully saturated rings. The number of rotatable bonds is 4. The fraction of sp³-hybridized carbons (Fsp3) is 0.462. The Morgan fingerprint density at radius 2 is 2.12 bits per heavy atom. The second-order valence-corrected chi connectivity index (χ2v) is 5.05. The summed E-state index contributed by atoms with van der Waals surface area (Å²) in [5.41, 5.74) is 1.56. The number of nitrogens with zero attached hydrogens (tertiary/aromatic N) is 1. The van der Waals surface area contributed by atoms with Crippen molar-refractivity contribution in [1.82, 2.24) is 0 Å². The maximum Gasteiger partial charge on any atom is 0.103 e. The van der Waals surface area contributed by atoms with Crippen LogP contribution in [0.5, 0.6) is 0 Å². The Kier molecular flexibility index (Phi) is 4.20. The van der Waals surface area contributed by atoms with Crippen molar-refractivity contribution in [2.24, 2.45) is 5.41 Å². The summed E-state index contributed by atoms with van der Waals surface area (Å²) in [5, 5.41) is 12.8. The summed E-state index contributed by atoms with van der Waals surface area (Å²) in [4.78, 5) is 0. The summed E-state index contributed by atoms with van der Waals surface area (Å²) >= 11 is 5.95. The first-order chi connectivity index (χ1) is 7.50. The number of nitriles is 1. The zero-order valence-corrected chi connectivity index (χ0v) is 10.7. The average molecular weight is 237 g/mol. The number of hydrogen-bond acceptors (Lipinski definition) is 2. The minimum absolute atomic E-state index is 0.217. The highest BCUT2D eigenvalue weighted by Gasteiger charge is 2.15. The van der Waals surface area contributed by atoms with Crippen LogP contribution in [-0.4, -0.2) is 6.54 Å². The molecule has 1 N–H and O–H groups in total. The third-order valence-corrected chi connectivity index (χ3v) is 3.15. The second kappa shape index (κ2) is 5.23. The van der Waals surface area contributed by atoms with E-state index < -0.39 is 0 Å². The fourth-order valence-corrected chi connectivity index (χ4v) is 1.46. The normalized spacial score (nSPS) is 10.9. The molecule has 0 saturated heterocycles. The van der Waals surface area contributed by atoms with Crippen molar-refractivity contribution < 1.29 is 0 Å². The van der Waals surface area contributed by atoms with Gasteiger partial charge < -0.3 is 5.32 Å². The summed E-state index contributed by atoms with van der Waals surface area (Å²) in [7, 11) is 0. The highest BCUT2D eigenvalue weighted by molar-refractivity contribution is 6.32. The van der Waals surface area contributed by atoms with Gasteiger partial charge in [0.15, 0.2) is 0 Å². The van der Waals surface area contributed by atoms with Gasteiger partial charge in [0.25, 0.3) is 0 Å². The van der Waals surface area contributed by atoms with E-state index in [1.54, 1.807) is 6.07 Å². The molecule has 86 valence electrons. The van der Waals surface area contributed by atoms with Gasteiger partial charge in [0.2, 0.25) is 0 Å². The molecule has 0 aliphatic carbocycles. The predicted molar refractivity (Wildman–Crippen MR) is 68.7 cm³/mol. The van der Waals surface area contributed by atoms with Crippen LogP contribution in [0, 0.1) is 16.7 Å². The first kappa shape index (κ1) is 12.9. The molecule has 0 saturated carbocycles. The molecule has 0 aromatic heterocycles. The molecule has 1 rings (SSSR count). The summed E-state index contributed by atoms with van der Waals surface area (Å²) in [6.07, 6.45) is 1.09. The Morgan fingerprint density at radius 1 is 1.44 bits per heavy atom. The largest absolute Gasteiger partial charge is 0.383 e. The maximum absolute atomic E-state index is 9.01. The van der Waals surface area contributed by atoms with Crippen LogP contribution in [0.2, 0.25) is 5.02 Å². The molecule has 16 heavy (non-hydrogen) atoms. The number of hydrogen-bond donors (Lipinski definition) is 1.